The fourth-order valence-electron chi connectivity index (χ4n) is 5.20. The quantitative estimate of drug-likeness (QED) is 0.219. The van der Waals surface area contributed by atoms with Crippen LogP contribution in [0.4, 0.5) is 4.39 Å². The first-order chi connectivity index (χ1) is 19.4. The van der Waals surface area contributed by atoms with E-state index < -0.39 is 5.97 Å². The topological polar surface area (TPSA) is 64.4 Å². The Balaban J connectivity index is 1.57. The summed E-state index contributed by atoms with van der Waals surface area (Å²) in [6, 6.07) is 21.1. The van der Waals surface area contributed by atoms with Gasteiger partial charge in [0.05, 0.1) is 29.4 Å². The monoisotopic (exact) mass is 579 g/mol. The smallest absolute Gasteiger partial charge is 0.310 e. The molecule has 1 aliphatic rings. The largest absolute Gasteiger partial charge is 0.466 e. The summed E-state index contributed by atoms with van der Waals surface area (Å²) < 4.78 is 21.3. The van der Waals surface area contributed by atoms with Gasteiger partial charge in [0.15, 0.2) is 5.69 Å². The molecule has 9 heteroatoms. The predicted molar refractivity (Wildman–Crippen MR) is 154 cm³/mol. The van der Waals surface area contributed by atoms with E-state index in [1.165, 1.54) is 6.07 Å². The van der Waals surface area contributed by atoms with Crippen LogP contribution in [0.1, 0.15) is 47.3 Å². The third-order valence-electron chi connectivity index (χ3n) is 7.14. The molecule has 1 amide bonds. The number of nitrogens with zero attached hydrogens (tertiary/aromatic N) is 3. The number of ether oxygens (including phenoxy) is 1. The Bertz CT molecular complexity index is 1530. The van der Waals surface area contributed by atoms with Gasteiger partial charge in [-0.05, 0) is 61.6 Å². The van der Waals surface area contributed by atoms with Crippen molar-refractivity contribution >= 4 is 35.1 Å². The Hall–Kier alpha value is -3.68. The van der Waals surface area contributed by atoms with Gasteiger partial charge in [-0.3, -0.25) is 9.59 Å². The first kappa shape index (κ1) is 27.9. The van der Waals surface area contributed by atoms with Crippen molar-refractivity contribution in [2.75, 3.05) is 19.7 Å². The zero-order chi connectivity index (χ0) is 28.2. The van der Waals surface area contributed by atoms with Crippen LogP contribution in [0, 0.1) is 5.82 Å². The fraction of sp³-hybridized carbons (Fsp3) is 0.258. The van der Waals surface area contributed by atoms with Gasteiger partial charge in [-0.1, -0.05) is 65.7 Å². The Kier molecular flexibility index (Phi) is 8.52. The molecular formula is C31H28Cl2FN3O3. The van der Waals surface area contributed by atoms with Crippen LogP contribution in [0.25, 0.3) is 16.9 Å². The Morgan fingerprint density at radius 3 is 2.33 bits per heavy atom. The van der Waals surface area contributed by atoms with E-state index in [1.54, 1.807) is 52.9 Å². The summed E-state index contributed by atoms with van der Waals surface area (Å²) in [4.78, 5) is 28.5. The van der Waals surface area contributed by atoms with Gasteiger partial charge in [0.2, 0.25) is 0 Å². The highest BCUT2D eigenvalue weighted by Crippen LogP contribution is 2.35. The van der Waals surface area contributed by atoms with Crippen molar-refractivity contribution in [2.45, 2.75) is 32.1 Å². The van der Waals surface area contributed by atoms with Crippen LogP contribution < -0.4 is 0 Å². The summed E-state index contributed by atoms with van der Waals surface area (Å²) in [6.45, 7) is 2.81. The van der Waals surface area contributed by atoms with Crippen molar-refractivity contribution in [1.82, 2.24) is 14.7 Å². The highest BCUT2D eigenvalue weighted by atomic mass is 35.5. The number of benzene rings is 3. The van der Waals surface area contributed by atoms with E-state index >= 15 is 0 Å². The molecule has 0 bridgehead atoms. The Labute approximate surface area is 242 Å². The van der Waals surface area contributed by atoms with Crippen LogP contribution in [0.15, 0.2) is 72.8 Å². The van der Waals surface area contributed by atoms with Crippen molar-refractivity contribution in [2.24, 2.45) is 0 Å². The first-order valence-corrected chi connectivity index (χ1v) is 13.9. The van der Waals surface area contributed by atoms with E-state index in [0.29, 0.717) is 64.0 Å². The summed E-state index contributed by atoms with van der Waals surface area (Å²) in [7, 11) is 0. The predicted octanol–water partition coefficient (Wildman–Crippen LogP) is 7.11. The van der Waals surface area contributed by atoms with Gasteiger partial charge in [-0.25, -0.2) is 9.07 Å². The molecule has 0 aliphatic carbocycles. The molecule has 6 nitrogen and oxygen atoms in total. The van der Waals surface area contributed by atoms with Crippen LogP contribution in [-0.4, -0.2) is 46.3 Å². The van der Waals surface area contributed by atoms with Gasteiger partial charge in [-0.15, -0.1) is 0 Å². The maximum atomic E-state index is 14.4. The average molecular weight is 580 g/mol. The molecule has 0 saturated carbocycles. The summed E-state index contributed by atoms with van der Waals surface area (Å²) in [5.74, 6) is -0.972. The van der Waals surface area contributed by atoms with Crippen LogP contribution in [-0.2, 0) is 16.0 Å². The lowest BCUT2D eigenvalue weighted by atomic mass is 9.89. The second kappa shape index (κ2) is 12.2. The fourth-order valence-corrected chi connectivity index (χ4v) is 5.54. The Morgan fingerprint density at radius 2 is 1.65 bits per heavy atom. The summed E-state index contributed by atoms with van der Waals surface area (Å²) >= 11 is 12.7. The van der Waals surface area contributed by atoms with E-state index in [9.17, 15) is 14.0 Å². The van der Waals surface area contributed by atoms with E-state index in [1.807, 2.05) is 30.3 Å². The molecule has 0 radical (unpaired) electrons. The number of amides is 1. The van der Waals surface area contributed by atoms with Crippen molar-refractivity contribution < 1.29 is 18.7 Å². The molecule has 1 aromatic heterocycles. The zero-order valence-electron chi connectivity index (χ0n) is 21.9. The molecule has 206 valence electrons. The number of likely N-dealkylation sites (tertiary alicyclic amines) is 1. The highest BCUT2D eigenvalue weighted by Gasteiger charge is 2.32. The van der Waals surface area contributed by atoms with E-state index in [-0.39, 0.29) is 36.4 Å². The van der Waals surface area contributed by atoms with Crippen molar-refractivity contribution in [3.8, 4) is 16.9 Å². The van der Waals surface area contributed by atoms with Crippen molar-refractivity contribution in [1.29, 1.82) is 0 Å². The normalized spacial score (nSPS) is 13.8. The second-order valence-electron chi connectivity index (χ2n) is 9.62. The minimum atomic E-state index is -0.469. The number of carbonyl (C=O) groups is 2. The number of para-hydroxylation sites is 1. The molecule has 2 heterocycles. The van der Waals surface area contributed by atoms with Gasteiger partial charge in [0, 0.05) is 29.2 Å². The van der Waals surface area contributed by atoms with Crippen LogP contribution in [0.5, 0.6) is 0 Å². The summed E-state index contributed by atoms with van der Waals surface area (Å²) in [5, 5.41) is 5.75. The maximum Gasteiger partial charge on any atom is 0.310 e. The van der Waals surface area contributed by atoms with Gasteiger partial charge in [-0.2, -0.15) is 5.10 Å². The van der Waals surface area contributed by atoms with Gasteiger partial charge >= 0.3 is 5.97 Å². The van der Waals surface area contributed by atoms with E-state index in [0.717, 1.165) is 0 Å². The molecular weight excluding hydrogens is 552 g/mol. The molecule has 4 aromatic rings. The second-order valence-corrected chi connectivity index (χ2v) is 10.5. The molecule has 5 rings (SSSR count). The third kappa shape index (κ3) is 5.76. The number of esters is 1. The average Bonchev–Trinajstić information content (AvgIpc) is 3.32. The molecule has 1 fully saturated rings. The number of carbonyl (C=O) groups excluding carboxylic acids is 2. The number of halogens is 3. The summed E-state index contributed by atoms with van der Waals surface area (Å²) in [5.41, 5.74) is 3.11. The van der Waals surface area contributed by atoms with Crippen LogP contribution in [0.2, 0.25) is 10.0 Å². The van der Waals surface area contributed by atoms with E-state index in [4.69, 9.17) is 33.0 Å². The molecule has 0 N–H and O–H groups in total. The van der Waals surface area contributed by atoms with Gasteiger partial charge in [0.25, 0.3) is 5.91 Å². The lowest BCUT2D eigenvalue weighted by molar-refractivity contribution is -0.142. The molecule has 0 spiro atoms. The number of rotatable bonds is 7. The van der Waals surface area contributed by atoms with E-state index in [2.05, 4.69) is 0 Å². The number of hydrogen-bond donors (Lipinski definition) is 0. The van der Waals surface area contributed by atoms with Crippen molar-refractivity contribution in [3.05, 3.63) is 105 Å². The Morgan fingerprint density at radius 1 is 0.975 bits per heavy atom. The van der Waals surface area contributed by atoms with Gasteiger partial charge < -0.3 is 9.64 Å². The lowest BCUT2D eigenvalue weighted by Crippen LogP contribution is -2.38. The van der Waals surface area contributed by atoms with Crippen LogP contribution >= 0.6 is 23.2 Å². The number of piperidine rings is 1. The summed E-state index contributed by atoms with van der Waals surface area (Å²) in [6.07, 6.45) is 1.09. The first-order valence-electron chi connectivity index (χ1n) is 13.2. The number of hydrogen-bond acceptors (Lipinski definition) is 4. The molecule has 40 heavy (non-hydrogen) atoms. The standard InChI is InChI=1S/C31H28Cl2FN3O3/c1-2-40-28(38)19-24-29(31(39)36-17-15-20(16-18-36)23-7-3-5-9-26(23)34)35-37(27-10-6-4-8-25(27)33)30(24)21-11-13-22(32)14-12-21/h3-14,20H,2,15-19H2,1H3. The maximum absolute atomic E-state index is 14.4. The lowest BCUT2D eigenvalue weighted by Gasteiger charge is -2.32. The van der Waals surface area contributed by atoms with Crippen molar-refractivity contribution in [3.63, 3.8) is 0 Å². The molecule has 3 aromatic carbocycles. The molecule has 0 atom stereocenters. The van der Waals surface area contributed by atoms with Crippen LogP contribution in [0.3, 0.4) is 0 Å². The minimum absolute atomic E-state index is 0.0227. The highest BCUT2D eigenvalue weighted by molar-refractivity contribution is 6.32. The number of aromatic nitrogens is 2. The molecule has 1 saturated heterocycles. The SMILES string of the molecule is CCOC(=O)Cc1c(C(=O)N2CCC(c3ccccc3F)CC2)nn(-c2ccccc2Cl)c1-c1ccc(Cl)cc1. The molecule has 1 aliphatic heterocycles. The zero-order valence-corrected chi connectivity index (χ0v) is 23.5. The molecule has 0 unspecified atom stereocenters. The minimum Gasteiger partial charge on any atom is -0.466 e. The third-order valence-corrected chi connectivity index (χ3v) is 7.71. The van der Waals surface area contributed by atoms with Gasteiger partial charge in [0.1, 0.15) is 5.82 Å².